The summed E-state index contributed by atoms with van der Waals surface area (Å²) >= 11 is 3.52. The van der Waals surface area contributed by atoms with Gasteiger partial charge in [-0.3, -0.25) is 14.4 Å². The van der Waals surface area contributed by atoms with Gasteiger partial charge >= 0.3 is 0 Å². The Morgan fingerprint density at radius 1 is 0.970 bits per heavy atom. The fraction of sp³-hybridized carbons (Fsp3) is 0.160. The van der Waals surface area contributed by atoms with Crippen LogP contribution in [0.1, 0.15) is 17.2 Å². The second-order valence-corrected chi connectivity index (χ2v) is 8.58. The van der Waals surface area contributed by atoms with Crippen molar-refractivity contribution in [3.05, 3.63) is 88.4 Å². The largest absolute Gasteiger partial charge is 0.496 e. The summed E-state index contributed by atoms with van der Waals surface area (Å²) in [6.07, 6.45) is -0.959. The molecule has 5 rings (SSSR count). The van der Waals surface area contributed by atoms with Crippen LogP contribution in [0, 0.1) is 17.2 Å². The molecule has 0 radical (unpaired) electrons. The van der Waals surface area contributed by atoms with Gasteiger partial charge < -0.3 is 4.74 Å². The van der Waals surface area contributed by atoms with Gasteiger partial charge in [0.25, 0.3) is 5.91 Å². The molecule has 164 valence electrons. The molecule has 3 aromatic rings. The predicted octanol–water partition coefficient (Wildman–Crippen LogP) is 4.38. The van der Waals surface area contributed by atoms with Crippen LogP contribution in [0.15, 0.2) is 77.3 Å². The number of amides is 2. The molecular formula is C25H18BrN3O4. The van der Waals surface area contributed by atoms with Crippen molar-refractivity contribution in [1.29, 1.82) is 5.26 Å². The van der Waals surface area contributed by atoms with E-state index in [0.29, 0.717) is 17.0 Å². The van der Waals surface area contributed by atoms with E-state index in [1.165, 1.54) is 0 Å². The Hall–Kier alpha value is -3.67. The number of nitrogens with zero attached hydrogens (tertiary/aromatic N) is 3. The lowest BCUT2D eigenvalue weighted by molar-refractivity contribution is -0.126. The maximum absolute atomic E-state index is 13.6. The number of carbonyl (C=O) groups is 2. The Kier molecular flexibility index (Phi) is 5.36. The maximum atomic E-state index is 13.6. The van der Waals surface area contributed by atoms with Gasteiger partial charge in [0, 0.05) is 0 Å². The van der Waals surface area contributed by atoms with E-state index in [0.717, 1.165) is 20.6 Å². The molecule has 0 unspecified atom stereocenters. The highest BCUT2D eigenvalue weighted by Gasteiger charge is 2.60. The first-order chi connectivity index (χ1) is 16.0. The Morgan fingerprint density at radius 2 is 1.70 bits per heavy atom. The molecule has 2 heterocycles. The molecule has 0 aromatic heterocycles. The third-order valence-corrected chi connectivity index (χ3v) is 6.52. The van der Waals surface area contributed by atoms with Crippen molar-refractivity contribution >= 4 is 39.1 Å². The van der Waals surface area contributed by atoms with Crippen LogP contribution in [0.2, 0.25) is 0 Å². The molecule has 0 bridgehead atoms. The van der Waals surface area contributed by atoms with Gasteiger partial charge in [-0.15, -0.1) is 0 Å². The predicted molar refractivity (Wildman–Crippen MR) is 124 cm³/mol. The standard InChI is InChI=1S/C25H18BrN3O4/c1-32-20-12-9-16(13-19(20)26)22-21-23(33-29(22)18-5-3-2-4-6-18)25(31)28(24(21)30)17-10-7-15(14-27)8-11-17/h2-13,21-23H,1H3/t21-,22+,23-/m0/s1. The zero-order valence-corrected chi connectivity index (χ0v) is 19.1. The number of anilines is 2. The monoisotopic (exact) mass is 503 g/mol. The average molecular weight is 504 g/mol. The summed E-state index contributed by atoms with van der Waals surface area (Å²) in [6.45, 7) is 0. The molecule has 3 aromatic carbocycles. The summed E-state index contributed by atoms with van der Waals surface area (Å²) in [5.74, 6) is -0.849. The number of halogens is 1. The van der Waals surface area contributed by atoms with Crippen molar-refractivity contribution in [2.75, 3.05) is 17.1 Å². The van der Waals surface area contributed by atoms with Crippen LogP contribution < -0.4 is 14.7 Å². The zero-order valence-electron chi connectivity index (χ0n) is 17.5. The fourth-order valence-corrected chi connectivity index (χ4v) is 4.92. The zero-order chi connectivity index (χ0) is 23.1. The number of carbonyl (C=O) groups excluding carboxylic acids is 2. The number of nitriles is 1. The molecule has 2 aliphatic rings. The number of hydrogen-bond donors (Lipinski definition) is 0. The van der Waals surface area contributed by atoms with Crippen molar-refractivity contribution in [3.63, 3.8) is 0 Å². The molecule has 7 nitrogen and oxygen atoms in total. The molecule has 0 aliphatic carbocycles. The van der Waals surface area contributed by atoms with Gasteiger partial charge in [-0.2, -0.15) is 5.26 Å². The number of benzene rings is 3. The van der Waals surface area contributed by atoms with Crippen LogP contribution in [0.4, 0.5) is 11.4 Å². The lowest BCUT2D eigenvalue weighted by Crippen LogP contribution is -2.37. The summed E-state index contributed by atoms with van der Waals surface area (Å²) in [6, 6.07) is 22.8. The van der Waals surface area contributed by atoms with Crippen LogP contribution in [-0.4, -0.2) is 25.0 Å². The third-order valence-electron chi connectivity index (χ3n) is 5.90. The number of imide groups is 1. The molecule has 2 saturated heterocycles. The van der Waals surface area contributed by atoms with E-state index in [-0.39, 0.29) is 5.91 Å². The van der Waals surface area contributed by atoms with E-state index in [1.54, 1.807) is 36.4 Å². The number of hydroxylamine groups is 1. The number of rotatable bonds is 4. The Morgan fingerprint density at radius 3 is 2.33 bits per heavy atom. The smallest absolute Gasteiger partial charge is 0.266 e. The van der Waals surface area contributed by atoms with E-state index in [4.69, 9.17) is 14.8 Å². The van der Waals surface area contributed by atoms with Crippen LogP contribution in [0.3, 0.4) is 0 Å². The average Bonchev–Trinajstić information content (AvgIpc) is 3.35. The van der Waals surface area contributed by atoms with Crippen LogP contribution in [-0.2, 0) is 14.4 Å². The minimum atomic E-state index is -0.959. The molecule has 33 heavy (non-hydrogen) atoms. The first kappa shape index (κ1) is 21.2. The van der Waals surface area contributed by atoms with E-state index in [1.807, 2.05) is 54.6 Å². The van der Waals surface area contributed by atoms with Crippen molar-refractivity contribution in [2.45, 2.75) is 12.1 Å². The second-order valence-electron chi connectivity index (χ2n) is 7.72. The molecule has 3 atom stereocenters. The summed E-state index contributed by atoms with van der Waals surface area (Å²) in [5.41, 5.74) is 2.42. The van der Waals surface area contributed by atoms with Crippen LogP contribution in [0.5, 0.6) is 5.75 Å². The molecule has 2 aliphatic heterocycles. The summed E-state index contributed by atoms with van der Waals surface area (Å²) in [4.78, 5) is 34.2. The molecular weight excluding hydrogens is 486 g/mol. The summed E-state index contributed by atoms with van der Waals surface area (Å²) in [7, 11) is 1.58. The Bertz CT molecular complexity index is 1270. The van der Waals surface area contributed by atoms with Crippen molar-refractivity contribution < 1.29 is 19.2 Å². The highest BCUT2D eigenvalue weighted by molar-refractivity contribution is 9.10. The number of hydrogen-bond acceptors (Lipinski definition) is 6. The van der Waals surface area contributed by atoms with Gasteiger partial charge in [-0.1, -0.05) is 24.3 Å². The fourth-order valence-electron chi connectivity index (χ4n) is 4.36. The van der Waals surface area contributed by atoms with Gasteiger partial charge in [0.1, 0.15) is 11.7 Å². The third kappa shape index (κ3) is 3.46. The first-order valence-electron chi connectivity index (χ1n) is 10.3. The molecule has 2 fully saturated rings. The van der Waals surface area contributed by atoms with Crippen molar-refractivity contribution in [1.82, 2.24) is 0 Å². The topological polar surface area (TPSA) is 82.9 Å². The van der Waals surface area contributed by atoms with Gasteiger partial charge in [-0.25, -0.2) is 9.96 Å². The summed E-state index contributed by atoms with van der Waals surface area (Å²) in [5, 5.41) is 10.7. The minimum Gasteiger partial charge on any atom is -0.496 e. The normalized spacial score (nSPS) is 21.8. The van der Waals surface area contributed by atoms with E-state index in [9.17, 15) is 9.59 Å². The van der Waals surface area contributed by atoms with Crippen molar-refractivity contribution in [3.8, 4) is 11.8 Å². The highest BCUT2D eigenvalue weighted by atomic mass is 79.9. The molecule has 2 amide bonds. The van der Waals surface area contributed by atoms with Gasteiger partial charge in [0.2, 0.25) is 5.91 Å². The van der Waals surface area contributed by atoms with E-state index in [2.05, 4.69) is 15.9 Å². The summed E-state index contributed by atoms with van der Waals surface area (Å²) < 4.78 is 6.08. The molecule has 8 heteroatoms. The Labute approximate surface area is 198 Å². The molecule has 0 N–H and O–H groups in total. The maximum Gasteiger partial charge on any atom is 0.266 e. The highest BCUT2D eigenvalue weighted by Crippen LogP contribution is 2.48. The van der Waals surface area contributed by atoms with Crippen LogP contribution >= 0.6 is 15.9 Å². The minimum absolute atomic E-state index is 0.343. The molecule has 0 saturated carbocycles. The lowest BCUT2D eigenvalue weighted by Gasteiger charge is -2.29. The first-order valence-corrected chi connectivity index (χ1v) is 11.0. The number of fused-ring (bicyclic) bond motifs is 1. The van der Waals surface area contributed by atoms with Gasteiger partial charge in [0.05, 0.1) is 40.6 Å². The van der Waals surface area contributed by atoms with E-state index >= 15 is 0 Å². The van der Waals surface area contributed by atoms with Gasteiger partial charge in [0.15, 0.2) is 6.10 Å². The number of methoxy groups -OCH3 is 1. The Balaban J connectivity index is 1.58. The van der Waals surface area contributed by atoms with Crippen LogP contribution in [0.25, 0.3) is 0 Å². The van der Waals surface area contributed by atoms with Crippen molar-refractivity contribution in [2.24, 2.45) is 5.92 Å². The lowest BCUT2D eigenvalue weighted by atomic mass is 9.90. The second kappa shape index (κ2) is 8.35. The SMILES string of the molecule is COc1ccc([C@@H]2[C@@H]3C(=O)N(c4ccc(C#N)cc4)C(=O)[C@H]3ON2c2ccccc2)cc1Br. The number of para-hydroxylation sites is 1. The molecule has 0 spiro atoms. The quantitative estimate of drug-likeness (QED) is 0.491. The van der Waals surface area contributed by atoms with E-state index < -0.39 is 24.0 Å². The number of ether oxygens (including phenoxy) is 1. The van der Waals surface area contributed by atoms with Gasteiger partial charge in [-0.05, 0) is 70.0 Å².